The molecule has 4 heterocycles. The molecule has 0 saturated carbocycles. The van der Waals surface area contributed by atoms with Crippen LogP contribution in [0, 0.1) is 13.8 Å². The quantitative estimate of drug-likeness (QED) is 0.818. The van der Waals surface area contributed by atoms with E-state index in [-0.39, 0.29) is 18.0 Å². The van der Waals surface area contributed by atoms with Crippen LogP contribution in [0.4, 0.5) is 5.69 Å². The van der Waals surface area contributed by atoms with Crippen molar-refractivity contribution in [3.63, 3.8) is 0 Å². The lowest BCUT2D eigenvalue weighted by Gasteiger charge is -2.36. The van der Waals surface area contributed by atoms with E-state index in [1.165, 1.54) is 16.4 Å². The van der Waals surface area contributed by atoms with E-state index >= 15 is 0 Å². The number of hydrogen-bond donors (Lipinski definition) is 1. The van der Waals surface area contributed by atoms with E-state index in [4.69, 9.17) is 4.98 Å². The van der Waals surface area contributed by atoms with E-state index in [2.05, 4.69) is 27.4 Å². The first-order valence-corrected chi connectivity index (χ1v) is 10.3. The van der Waals surface area contributed by atoms with Crippen LogP contribution in [0.2, 0.25) is 0 Å². The van der Waals surface area contributed by atoms with Crippen molar-refractivity contribution >= 4 is 11.6 Å². The topological polar surface area (TPSA) is 83.4 Å². The largest absolute Gasteiger partial charge is 0.368 e. The number of carbonyl (C=O) groups excluding carboxylic acids is 1. The Morgan fingerprint density at radius 2 is 1.93 bits per heavy atom. The van der Waals surface area contributed by atoms with Gasteiger partial charge in [0, 0.05) is 61.8 Å². The van der Waals surface area contributed by atoms with Crippen molar-refractivity contribution in [3.05, 3.63) is 51.7 Å². The summed E-state index contributed by atoms with van der Waals surface area (Å²) >= 11 is 0. The molecule has 1 N–H and O–H groups in total. The minimum absolute atomic E-state index is 0.00624. The highest BCUT2D eigenvalue weighted by atomic mass is 16.2. The third-order valence-corrected chi connectivity index (χ3v) is 5.72. The lowest BCUT2D eigenvalue weighted by molar-refractivity contribution is -0.132. The number of amides is 1. The van der Waals surface area contributed by atoms with Gasteiger partial charge >= 0.3 is 0 Å². The van der Waals surface area contributed by atoms with E-state index in [1.807, 2.05) is 18.7 Å². The van der Waals surface area contributed by atoms with Crippen molar-refractivity contribution < 1.29 is 4.79 Å². The molecule has 2 aliphatic heterocycles. The molecule has 1 unspecified atom stereocenters. The van der Waals surface area contributed by atoms with Gasteiger partial charge in [-0.05, 0) is 45.0 Å². The Labute approximate surface area is 170 Å². The zero-order valence-electron chi connectivity index (χ0n) is 17.1. The van der Waals surface area contributed by atoms with Crippen LogP contribution in [-0.2, 0) is 11.3 Å². The number of aromatic nitrogens is 3. The van der Waals surface area contributed by atoms with E-state index in [1.54, 1.807) is 6.07 Å². The average molecular weight is 396 g/mol. The van der Waals surface area contributed by atoms with Gasteiger partial charge in [0.25, 0.3) is 5.56 Å². The third kappa shape index (κ3) is 4.48. The molecule has 2 aromatic heterocycles. The van der Waals surface area contributed by atoms with Crippen LogP contribution in [0.5, 0.6) is 0 Å². The molecule has 0 bridgehead atoms. The lowest BCUT2D eigenvalue weighted by atomic mass is 10.0. The summed E-state index contributed by atoms with van der Waals surface area (Å²) in [6, 6.07) is 7.45. The molecule has 2 aromatic rings. The Morgan fingerprint density at radius 3 is 2.66 bits per heavy atom. The fraction of sp³-hybridized carbons (Fsp3) is 0.524. The van der Waals surface area contributed by atoms with E-state index < -0.39 is 0 Å². The molecule has 1 amide bonds. The molecule has 8 nitrogen and oxygen atoms in total. The summed E-state index contributed by atoms with van der Waals surface area (Å²) in [4.78, 5) is 33.4. The third-order valence-electron chi connectivity index (χ3n) is 5.72. The maximum Gasteiger partial charge on any atom is 0.267 e. The van der Waals surface area contributed by atoms with Crippen molar-refractivity contribution in [2.24, 2.45) is 0 Å². The zero-order valence-corrected chi connectivity index (χ0v) is 17.1. The predicted octanol–water partition coefficient (Wildman–Crippen LogP) is 0.681. The Hall–Kier alpha value is -2.74. The molecule has 2 fully saturated rings. The molecule has 0 aromatic carbocycles. The van der Waals surface area contributed by atoms with Crippen molar-refractivity contribution in [1.82, 2.24) is 25.0 Å². The molecule has 0 aliphatic carbocycles. The molecule has 8 heteroatoms. The minimum atomic E-state index is -0.247. The monoisotopic (exact) mass is 396 g/mol. The number of nitrogens with one attached hydrogen (secondary N) is 1. The van der Waals surface area contributed by atoms with Gasteiger partial charge in [0.05, 0.1) is 5.69 Å². The van der Waals surface area contributed by atoms with Gasteiger partial charge in [-0.15, -0.1) is 0 Å². The summed E-state index contributed by atoms with van der Waals surface area (Å²) in [5, 5.41) is 7.57. The predicted molar refractivity (Wildman–Crippen MR) is 111 cm³/mol. The summed E-state index contributed by atoms with van der Waals surface area (Å²) in [7, 11) is 0. The maximum absolute atomic E-state index is 12.6. The first-order valence-electron chi connectivity index (χ1n) is 10.3. The molecule has 2 aliphatic rings. The summed E-state index contributed by atoms with van der Waals surface area (Å²) in [6.45, 7) is 8.71. The Kier molecular flexibility index (Phi) is 5.62. The van der Waals surface area contributed by atoms with Crippen molar-refractivity contribution in [2.45, 2.75) is 32.7 Å². The molecule has 29 heavy (non-hydrogen) atoms. The minimum Gasteiger partial charge on any atom is -0.368 e. The highest BCUT2D eigenvalue weighted by Crippen LogP contribution is 2.26. The van der Waals surface area contributed by atoms with E-state index in [0.717, 1.165) is 49.7 Å². The normalized spacial score (nSPS) is 19.6. The van der Waals surface area contributed by atoms with Crippen LogP contribution >= 0.6 is 0 Å². The summed E-state index contributed by atoms with van der Waals surface area (Å²) < 4.78 is 1.25. The number of pyridine rings is 1. The van der Waals surface area contributed by atoms with Gasteiger partial charge in [-0.2, -0.15) is 5.10 Å². The van der Waals surface area contributed by atoms with Crippen molar-refractivity contribution in [3.8, 4) is 0 Å². The van der Waals surface area contributed by atoms with Gasteiger partial charge in [-0.1, -0.05) is 0 Å². The van der Waals surface area contributed by atoms with E-state index in [9.17, 15) is 9.59 Å². The van der Waals surface area contributed by atoms with Crippen LogP contribution in [0.1, 0.15) is 29.4 Å². The molecular weight excluding hydrogens is 368 g/mol. The van der Waals surface area contributed by atoms with Crippen LogP contribution < -0.4 is 15.8 Å². The van der Waals surface area contributed by atoms with Gasteiger partial charge in [0.2, 0.25) is 5.91 Å². The highest BCUT2D eigenvalue weighted by molar-refractivity contribution is 5.76. The first-order chi connectivity index (χ1) is 14.0. The summed E-state index contributed by atoms with van der Waals surface area (Å²) in [6.07, 6.45) is 1.13. The standard InChI is InChI=1S/C21H28N6O2/c1-15-3-4-20(28)27(24-15)14-21(29)26-9-7-25(8-10-26)18-11-16(2)23-19(12-18)17-5-6-22-13-17/h3-4,11-12,17,22H,5-10,13-14H2,1-2H3. The molecule has 0 spiro atoms. The number of piperazine rings is 1. The van der Waals surface area contributed by atoms with Crippen molar-refractivity contribution in [2.75, 3.05) is 44.2 Å². The first kappa shape index (κ1) is 19.6. The van der Waals surface area contributed by atoms with Crippen LogP contribution in [0.15, 0.2) is 29.1 Å². The average Bonchev–Trinajstić information content (AvgIpc) is 3.25. The zero-order chi connectivity index (χ0) is 20.4. The maximum atomic E-state index is 12.6. The van der Waals surface area contributed by atoms with Gasteiger partial charge < -0.3 is 15.1 Å². The molecule has 0 radical (unpaired) electrons. The molecular formula is C21H28N6O2. The SMILES string of the molecule is Cc1cc(N2CCN(C(=O)Cn3nc(C)ccc3=O)CC2)cc(C2CCNC2)n1. The number of carbonyl (C=O) groups is 1. The molecule has 1 atom stereocenters. The van der Waals surface area contributed by atoms with Gasteiger partial charge in [0.1, 0.15) is 6.54 Å². The fourth-order valence-corrected chi connectivity index (χ4v) is 4.08. The highest BCUT2D eigenvalue weighted by Gasteiger charge is 2.24. The Morgan fingerprint density at radius 1 is 1.14 bits per heavy atom. The Balaban J connectivity index is 1.39. The van der Waals surface area contributed by atoms with Crippen LogP contribution in [0.25, 0.3) is 0 Å². The number of rotatable bonds is 4. The van der Waals surface area contributed by atoms with E-state index in [0.29, 0.717) is 19.0 Å². The second kappa shape index (κ2) is 8.32. The molecule has 4 rings (SSSR count). The number of aryl methyl sites for hydroxylation is 2. The molecule has 154 valence electrons. The summed E-state index contributed by atoms with van der Waals surface area (Å²) in [5.74, 6) is 0.421. The number of nitrogens with zero attached hydrogens (tertiary/aromatic N) is 5. The van der Waals surface area contributed by atoms with Crippen molar-refractivity contribution in [1.29, 1.82) is 0 Å². The van der Waals surface area contributed by atoms with Crippen LogP contribution in [-0.4, -0.2) is 64.8 Å². The van der Waals surface area contributed by atoms with Gasteiger partial charge in [0.15, 0.2) is 0 Å². The number of hydrogen-bond acceptors (Lipinski definition) is 6. The van der Waals surface area contributed by atoms with Gasteiger partial charge in [-0.3, -0.25) is 14.6 Å². The van der Waals surface area contributed by atoms with Crippen LogP contribution in [0.3, 0.4) is 0 Å². The molecule has 2 saturated heterocycles. The summed E-state index contributed by atoms with van der Waals surface area (Å²) in [5.41, 5.74) is 3.86. The smallest absolute Gasteiger partial charge is 0.267 e. The Bertz CT molecular complexity index is 942. The second-order valence-electron chi connectivity index (χ2n) is 7.92. The lowest BCUT2D eigenvalue weighted by Crippen LogP contribution is -2.50. The fourth-order valence-electron chi connectivity index (χ4n) is 4.08. The second-order valence-corrected chi connectivity index (χ2v) is 7.92. The number of anilines is 1. The van der Waals surface area contributed by atoms with Gasteiger partial charge in [-0.25, -0.2) is 4.68 Å².